The van der Waals surface area contributed by atoms with Crippen molar-refractivity contribution in [1.29, 1.82) is 0 Å². The normalized spacial score (nSPS) is 25.0. The number of amides is 1. The van der Waals surface area contributed by atoms with Gasteiger partial charge in [-0.2, -0.15) is 0 Å². The highest BCUT2D eigenvalue weighted by Crippen LogP contribution is 2.23. The predicted molar refractivity (Wildman–Crippen MR) is 58.6 cm³/mol. The predicted octanol–water partition coefficient (Wildman–Crippen LogP) is -0.469. The molecule has 1 amide bonds. The van der Waals surface area contributed by atoms with Crippen LogP contribution in [0.2, 0.25) is 0 Å². The average Bonchev–Trinajstić information content (AvgIpc) is 2.56. The zero-order chi connectivity index (χ0) is 12.1. The lowest BCUT2D eigenvalue weighted by Gasteiger charge is -2.22. The Morgan fingerprint density at radius 2 is 2.31 bits per heavy atom. The van der Waals surface area contributed by atoms with Gasteiger partial charge in [-0.1, -0.05) is 12.8 Å². The first-order valence-electron chi connectivity index (χ1n) is 5.23. The van der Waals surface area contributed by atoms with Gasteiger partial charge >= 0.3 is 5.97 Å². The van der Waals surface area contributed by atoms with E-state index < -0.39 is 12.0 Å². The summed E-state index contributed by atoms with van der Waals surface area (Å²) in [7, 11) is 0. The Morgan fingerprint density at radius 3 is 2.88 bits per heavy atom. The summed E-state index contributed by atoms with van der Waals surface area (Å²) in [5.41, 5.74) is 0. The van der Waals surface area contributed by atoms with Crippen LogP contribution in [-0.2, 0) is 9.59 Å². The summed E-state index contributed by atoms with van der Waals surface area (Å²) in [4.78, 5) is 24.1. The minimum Gasteiger partial charge on any atom is -0.480 e. The van der Waals surface area contributed by atoms with Gasteiger partial charge in [-0.25, -0.2) is 0 Å². The molecule has 1 fully saturated rings. The van der Waals surface area contributed by atoms with Crippen LogP contribution in [0.3, 0.4) is 0 Å². The second-order valence-corrected chi connectivity index (χ2v) is 4.00. The molecule has 0 spiro atoms. The third-order valence-corrected chi connectivity index (χ3v) is 2.79. The van der Waals surface area contributed by atoms with E-state index in [1.807, 2.05) is 6.92 Å². The molecule has 0 aromatic rings. The highest BCUT2D eigenvalue weighted by Gasteiger charge is 2.37. The average molecular weight is 224 g/mol. The second kappa shape index (κ2) is 5.52. The number of rotatable bonds is 4. The van der Waals surface area contributed by atoms with E-state index in [-0.39, 0.29) is 24.9 Å². The third-order valence-electron chi connectivity index (χ3n) is 2.79. The molecule has 0 bridgehead atoms. The molecule has 1 heterocycles. The van der Waals surface area contributed by atoms with E-state index in [1.54, 1.807) is 4.90 Å². The maximum atomic E-state index is 11.4. The van der Waals surface area contributed by atoms with Crippen molar-refractivity contribution in [1.82, 2.24) is 10.2 Å². The van der Waals surface area contributed by atoms with Gasteiger partial charge in [0.2, 0.25) is 5.91 Å². The fourth-order valence-electron chi connectivity index (χ4n) is 1.99. The van der Waals surface area contributed by atoms with E-state index in [0.717, 1.165) is 6.42 Å². The highest BCUT2D eigenvalue weighted by molar-refractivity contribution is 5.80. The molecule has 88 valence electrons. The van der Waals surface area contributed by atoms with Crippen LogP contribution < -0.4 is 5.32 Å². The molecule has 2 unspecified atom stereocenters. The van der Waals surface area contributed by atoms with Crippen LogP contribution in [0.25, 0.3) is 0 Å². The molecule has 2 N–H and O–H groups in total. The minimum atomic E-state index is -0.866. The summed E-state index contributed by atoms with van der Waals surface area (Å²) < 4.78 is 0. The van der Waals surface area contributed by atoms with Crippen LogP contribution in [0.5, 0.6) is 0 Å². The quantitative estimate of drug-likeness (QED) is 0.633. The van der Waals surface area contributed by atoms with Gasteiger partial charge in [-0.15, -0.1) is 6.42 Å². The van der Waals surface area contributed by atoms with E-state index in [9.17, 15) is 9.59 Å². The summed E-state index contributed by atoms with van der Waals surface area (Å²) in [5.74, 6) is 1.29. The topological polar surface area (TPSA) is 69.6 Å². The van der Waals surface area contributed by atoms with Crippen molar-refractivity contribution in [3.63, 3.8) is 0 Å². The smallest absolute Gasteiger partial charge is 0.321 e. The van der Waals surface area contributed by atoms with Crippen molar-refractivity contribution < 1.29 is 14.7 Å². The van der Waals surface area contributed by atoms with Crippen molar-refractivity contribution >= 4 is 11.9 Å². The fourth-order valence-corrected chi connectivity index (χ4v) is 1.99. The standard InChI is InChI=1S/C11H16N2O3/c1-3-5-12-9(14)7-13-6-4-8(2)10(13)11(15)16/h1,8,10H,4-7H2,2H3,(H,12,14)(H,15,16). The Kier molecular flexibility index (Phi) is 4.32. The number of likely N-dealkylation sites (tertiary alicyclic amines) is 1. The summed E-state index contributed by atoms with van der Waals surface area (Å²) >= 11 is 0. The van der Waals surface area contributed by atoms with Crippen LogP contribution in [-0.4, -0.2) is 47.6 Å². The largest absolute Gasteiger partial charge is 0.480 e. The van der Waals surface area contributed by atoms with Gasteiger partial charge in [0.25, 0.3) is 0 Å². The fraction of sp³-hybridized carbons (Fsp3) is 0.636. The maximum absolute atomic E-state index is 11.4. The van der Waals surface area contributed by atoms with Crippen molar-refractivity contribution in [2.45, 2.75) is 19.4 Å². The van der Waals surface area contributed by atoms with E-state index in [1.165, 1.54) is 0 Å². The van der Waals surface area contributed by atoms with Crippen molar-refractivity contribution in [3.8, 4) is 12.3 Å². The number of hydrogen-bond donors (Lipinski definition) is 2. The number of terminal acetylenes is 1. The Morgan fingerprint density at radius 1 is 1.62 bits per heavy atom. The lowest BCUT2D eigenvalue weighted by atomic mass is 10.0. The molecule has 0 saturated carbocycles. The lowest BCUT2D eigenvalue weighted by Crippen LogP contribution is -2.44. The van der Waals surface area contributed by atoms with E-state index >= 15 is 0 Å². The molecule has 5 heteroatoms. The number of nitrogens with zero attached hydrogens (tertiary/aromatic N) is 1. The number of carboxylic acids is 1. The number of carbonyl (C=O) groups is 2. The summed E-state index contributed by atoms with van der Waals surface area (Å²) in [6, 6.07) is -0.559. The first-order valence-corrected chi connectivity index (χ1v) is 5.23. The molecule has 0 radical (unpaired) electrons. The van der Waals surface area contributed by atoms with Crippen LogP contribution in [0, 0.1) is 18.3 Å². The molecule has 5 nitrogen and oxygen atoms in total. The zero-order valence-corrected chi connectivity index (χ0v) is 9.27. The summed E-state index contributed by atoms with van der Waals surface area (Å²) in [6.07, 6.45) is 5.82. The van der Waals surface area contributed by atoms with E-state index in [0.29, 0.717) is 6.54 Å². The zero-order valence-electron chi connectivity index (χ0n) is 9.27. The molecule has 1 saturated heterocycles. The Bertz CT molecular complexity index is 322. The lowest BCUT2D eigenvalue weighted by molar-refractivity contribution is -0.143. The number of carboxylic acid groups (broad SMARTS) is 1. The minimum absolute atomic E-state index is 0.0814. The van der Waals surface area contributed by atoms with Gasteiger partial charge in [0.1, 0.15) is 6.04 Å². The van der Waals surface area contributed by atoms with Gasteiger partial charge in [-0.3, -0.25) is 14.5 Å². The summed E-state index contributed by atoms with van der Waals surface area (Å²) in [5, 5.41) is 11.6. The second-order valence-electron chi connectivity index (χ2n) is 4.00. The van der Waals surface area contributed by atoms with Crippen LogP contribution in [0.15, 0.2) is 0 Å². The molecule has 0 aliphatic carbocycles. The van der Waals surface area contributed by atoms with E-state index in [2.05, 4.69) is 11.2 Å². The molecule has 0 aromatic heterocycles. The van der Waals surface area contributed by atoms with Gasteiger partial charge in [0.15, 0.2) is 0 Å². The molecule has 1 aliphatic rings. The number of hydrogen-bond acceptors (Lipinski definition) is 3. The van der Waals surface area contributed by atoms with Gasteiger partial charge < -0.3 is 10.4 Å². The van der Waals surface area contributed by atoms with E-state index in [4.69, 9.17) is 11.5 Å². The van der Waals surface area contributed by atoms with Gasteiger partial charge in [0, 0.05) is 0 Å². The molecule has 2 atom stereocenters. The Labute approximate surface area is 94.8 Å². The SMILES string of the molecule is C#CCNC(=O)CN1CCC(C)C1C(=O)O. The van der Waals surface area contributed by atoms with Crippen LogP contribution in [0.1, 0.15) is 13.3 Å². The first kappa shape index (κ1) is 12.5. The van der Waals surface area contributed by atoms with Gasteiger partial charge in [-0.05, 0) is 18.9 Å². The number of aliphatic carboxylic acids is 1. The molecule has 0 aromatic carbocycles. The molecular formula is C11H16N2O3. The first-order chi connectivity index (χ1) is 7.56. The Hall–Kier alpha value is -1.54. The summed E-state index contributed by atoms with van der Waals surface area (Å²) in [6.45, 7) is 2.81. The molecule has 16 heavy (non-hydrogen) atoms. The van der Waals surface area contributed by atoms with Crippen molar-refractivity contribution in [3.05, 3.63) is 0 Å². The van der Waals surface area contributed by atoms with Gasteiger partial charge in [0.05, 0.1) is 13.1 Å². The van der Waals surface area contributed by atoms with Crippen molar-refractivity contribution in [2.24, 2.45) is 5.92 Å². The number of nitrogens with one attached hydrogen (secondary N) is 1. The third kappa shape index (κ3) is 2.97. The monoisotopic (exact) mass is 224 g/mol. The van der Waals surface area contributed by atoms with Crippen LogP contribution >= 0.6 is 0 Å². The molecular weight excluding hydrogens is 208 g/mol. The highest BCUT2D eigenvalue weighted by atomic mass is 16.4. The molecule has 1 aliphatic heterocycles. The molecule has 1 rings (SSSR count). The van der Waals surface area contributed by atoms with Crippen LogP contribution in [0.4, 0.5) is 0 Å². The van der Waals surface area contributed by atoms with Crippen molar-refractivity contribution in [2.75, 3.05) is 19.6 Å². The number of carbonyl (C=O) groups excluding carboxylic acids is 1. The maximum Gasteiger partial charge on any atom is 0.321 e. The Balaban J connectivity index is 2.51.